The van der Waals surface area contributed by atoms with Crippen LogP contribution in [-0.4, -0.2) is 6.04 Å². The molecule has 1 aromatic carbocycles. The first-order chi connectivity index (χ1) is 9.95. The third-order valence-corrected chi connectivity index (χ3v) is 3.28. The van der Waals surface area contributed by atoms with E-state index < -0.39 is 0 Å². The molecule has 2 aromatic rings. The molecule has 1 heterocycles. The summed E-state index contributed by atoms with van der Waals surface area (Å²) in [4.78, 5) is 0. The zero-order chi connectivity index (χ0) is 15.4. The van der Waals surface area contributed by atoms with Crippen molar-refractivity contribution in [1.82, 2.24) is 5.32 Å². The minimum Gasteiger partial charge on any atom is -0.489 e. The zero-order valence-electron chi connectivity index (χ0n) is 13.0. The molecule has 0 amide bonds. The minimum absolute atomic E-state index is 0.219. The highest BCUT2D eigenvalue weighted by atomic mass is 19.1. The summed E-state index contributed by atoms with van der Waals surface area (Å²) in [7, 11) is 0. The molecule has 4 heteroatoms. The summed E-state index contributed by atoms with van der Waals surface area (Å²) in [5, 5.41) is 3.31. The van der Waals surface area contributed by atoms with E-state index in [1.165, 1.54) is 6.07 Å². The van der Waals surface area contributed by atoms with E-state index in [4.69, 9.17) is 9.15 Å². The Morgan fingerprint density at radius 3 is 2.67 bits per heavy atom. The van der Waals surface area contributed by atoms with Gasteiger partial charge >= 0.3 is 0 Å². The van der Waals surface area contributed by atoms with E-state index in [1.807, 2.05) is 13.0 Å². The highest BCUT2D eigenvalue weighted by molar-refractivity contribution is 5.29. The summed E-state index contributed by atoms with van der Waals surface area (Å²) < 4.78 is 24.6. The third kappa shape index (κ3) is 4.33. The van der Waals surface area contributed by atoms with Gasteiger partial charge in [-0.05, 0) is 43.7 Å². The van der Waals surface area contributed by atoms with Crippen molar-refractivity contribution in [1.29, 1.82) is 0 Å². The summed E-state index contributed by atoms with van der Waals surface area (Å²) >= 11 is 0. The second-order valence-electron chi connectivity index (χ2n) is 5.53. The average Bonchev–Trinajstić information content (AvgIpc) is 2.78. The van der Waals surface area contributed by atoms with Crippen LogP contribution in [0.2, 0.25) is 0 Å². The maximum absolute atomic E-state index is 13.2. The van der Waals surface area contributed by atoms with Gasteiger partial charge in [0.15, 0.2) is 0 Å². The van der Waals surface area contributed by atoms with Crippen LogP contribution in [0.15, 0.2) is 28.7 Å². The number of halogens is 1. The molecule has 114 valence electrons. The third-order valence-electron chi connectivity index (χ3n) is 3.28. The van der Waals surface area contributed by atoms with Crippen molar-refractivity contribution >= 4 is 0 Å². The first kappa shape index (κ1) is 15.6. The second kappa shape index (κ2) is 6.76. The molecule has 0 saturated heterocycles. The standard InChI is InChI=1S/C17H22FNO2/c1-11(2)19-9-16-8-14(13(4)21-16)10-20-15-5-6-17(18)12(3)7-15/h5-8,11,19H,9-10H2,1-4H3. The summed E-state index contributed by atoms with van der Waals surface area (Å²) in [6.07, 6.45) is 0. The normalized spacial score (nSPS) is 11.1. The summed E-state index contributed by atoms with van der Waals surface area (Å²) in [6.45, 7) is 8.96. The molecule has 0 aliphatic rings. The Labute approximate surface area is 125 Å². The molecule has 0 aliphatic carbocycles. The van der Waals surface area contributed by atoms with Gasteiger partial charge in [-0.15, -0.1) is 0 Å². The van der Waals surface area contributed by atoms with Crippen LogP contribution in [-0.2, 0) is 13.2 Å². The van der Waals surface area contributed by atoms with Crippen LogP contribution in [0.4, 0.5) is 4.39 Å². The number of nitrogens with one attached hydrogen (secondary N) is 1. The lowest BCUT2D eigenvalue weighted by atomic mass is 10.2. The van der Waals surface area contributed by atoms with Crippen molar-refractivity contribution in [3.8, 4) is 5.75 Å². The fourth-order valence-electron chi connectivity index (χ4n) is 1.99. The predicted molar refractivity (Wildman–Crippen MR) is 80.9 cm³/mol. The molecule has 2 rings (SSSR count). The van der Waals surface area contributed by atoms with Crippen molar-refractivity contribution in [3.05, 3.63) is 52.7 Å². The lowest BCUT2D eigenvalue weighted by Gasteiger charge is -2.06. The van der Waals surface area contributed by atoms with Gasteiger partial charge in [0.25, 0.3) is 0 Å². The number of aryl methyl sites for hydroxylation is 2. The van der Waals surface area contributed by atoms with Crippen molar-refractivity contribution in [2.45, 2.75) is 46.9 Å². The quantitative estimate of drug-likeness (QED) is 0.869. The first-order valence-corrected chi connectivity index (χ1v) is 7.16. The van der Waals surface area contributed by atoms with Gasteiger partial charge in [-0.2, -0.15) is 0 Å². The van der Waals surface area contributed by atoms with Crippen molar-refractivity contribution in [2.24, 2.45) is 0 Å². The lowest BCUT2D eigenvalue weighted by molar-refractivity contribution is 0.302. The molecule has 0 saturated carbocycles. The van der Waals surface area contributed by atoms with Crippen molar-refractivity contribution in [3.63, 3.8) is 0 Å². The van der Waals surface area contributed by atoms with Gasteiger partial charge in [0.1, 0.15) is 29.7 Å². The van der Waals surface area contributed by atoms with Gasteiger partial charge in [0.2, 0.25) is 0 Å². The zero-order valence-corrected chi connectivity index (χ0v) is 13.0. The van der Waals surface area contributed by atoms with E-state index in [0.717, 1.165) is 17.1 Å². The fourth-order valence-corrected chi connectivity index (χ4v) is 1.99. The van der Waals surface area contributed by atoms with E-state index in [2.05, 4.69) is 19.2 Å². The van der Waals surface area contributed by atoms with Crippen molar-refractivity contribution < 1.29 is 13.5 Å². The molecule has 0 atom stereocenters. The Balaban J connectivity index is 1.97. The van der Waals surface area contributed by atoms with Gasteiger partial charge in [-0.25, -0.2) is 4.39 Å². The number of furan rings is 1. The maximum atomic E-state index is 13.2. The number of benzene rings is 1. The van der Waals surface area contributed by atoms with E-state index >= 15 is 0 Å². The van der Waals surface area contributed by atoms with E-state index in [-0.39, 0.29) is 5.82 Å². The van der Waals surface area contributed by atoms with Crippen molar-refractivity contribution in [2.75, 3.05) is 0 Å². The molecule has 0 spiro atoms. The topological polar surface area (TPSA) is 34.4 Å². The van der Waals surface area contributed by atoms with Gasteiger partial charge in [-0.1, -0.05) is 13.8 Å². The Morgan fingerprint density at radius 1 is 1.24 bits per heavy atom. The Kier molecular flexibility index (Phi) is 5.02. The monoisotopic (exact) mass is 291 g/mol. The lowest BCUT2D eigenvalue weighted by Crippen LogP contribution is -2.21. The van der Waals surface area contributed by atoms with Crippen LogP contribution >= 0.6 is 0 Å². The van der Waals surface area contributed by atoms with Crippen LogP contribution in [0.5, 0.6) is 5.75 Å². The van der Waals surface area contributed by atoms with Crippen LogP contribution < -0.4 is 10.1 Å². The highest BCUT2D eigenvalue weighted by Crippen LogP contribution is 2.20. The molecule has 0 bridgehead atoms. The van der Waals surface area contributed by atoms with Gasteiger partial charge < -0.3 is 14.5 Å². The second-order valence-corrected chi connectivity index (χ2v) is 5.53. The van der Waals surface area contributed by atoms with E-state index in [9.17, 15) is 4.39 Å². The van der Waals surface area contributed by atoms with Crippen LogP contribution in [0, 0.1) is 19.7 Å². The number of hydrogen-bond donors (Lipinski definition) is 1. The van der Waals surface area contributed by atoms with Crippen LogP contribution in [0.25, 0.3) is 0 Å². The number of rotatable bonds is 6. The SMILES string of the molecule is Cc1cc(OCc2cc(CNC(C)C)oc2C)ccc1F. The fraction of sp³-hybridized carbons (Fsp3) is 0.412. The molecule has 3 nitrogen and oxygen atoms in total. The van der Waals surface area contributed by atoms with E-state index in [1.54, 1.807) is 19.1 Å². The van der Waals surface area contributed by atoms with Gasteiger partial charge in [-0.3, -0.25) is 0 Å². The Bertz CT molecular complexity index is 605. The molecule has 1 N–H and O–H groups in total. The molecule has 0 unspecified atom stereocenters. The molecular formula is C17H22FNO2. The Hall–Kier alpha value is -1.81. The molecular weight excluding hydrogens is 269 g/mol. The molecule has 1 aromatic heterocycles. The molecule has 0 radical (unpaired) electrons. The molecule has 0 fully saturated rings. The van der Waals surface area contributed by atoms with Gasteiger partial charge in [0, 0.05) is 11.6 Å². The summed E-state index contributed by atoms with van der Waals surface area (Å²) in [5.74, 6) is 2.20. The highest BCUT2D eigenvalue weighted by Gasteiger charge is 2.09. The van der Waals surface area contributed by atoms with Crippen LogP contribution in [0.3, 0.4) is 0 Å². The number of ether oxygens (including phenoxy) is 1. The molecule has 21 heavy (non-hydrogen) atoms. The molecule has 0 aliphatic heterocycles. The average molecular weight is 291 g/mol. The largest absolute Gasteiger partial charge is 0.489 e. The smallest absolute Gasteiger partial charge is 0.126 e. The van der Waals surface area contributed by atoms with Crippen LogP contribution in [0.1, 0.15) is 36.5 Å². The predicted octanol–water partition coefficient (Wildman–Crippen LogP) is 4.11. The number of hydrogen-bond acceptors (Lipinski definition) is 3. The first-order valence-electron chi connectivity index (χ1n) is 7.16. The van der Waals surface area contributed by atoms with E-state index in [0.29, 0.717) is 30.5 Å². The maximum Gasteiger partial charge on any atom is 0.126 e. The summed E-state index contributed by atoms with van der Waals surface area (Å²) in [6, 6.07) is 7.18. The minimum atomic E-state index is -0.219. The van der Waals surface area contributed by atoms with Gasteiger partial charge in [0.05, 0.1) is 6.54 Å². The Morgan fingerprint density at radius 2 is 2.00 bits per heavy atom. The summed E-state index contributed by atoms with van der Waals surface area (Å²) in [5.41, 5.74) is 1.59.